The van der Waals surface area contributed by atoms with Crippen LogP contribution < -0.4 is 15.4 Å². The number of guanidine groups is 1. The third kappa shape index (κ3) is 5.85. The minimum atomic E-state index is -3.17. The van der Waals surface area contributed by atoms with E-state index in [-0.39, 0.29) is 6.04 Å². The van der Waals surface area contributed by atoms with Gasteiger partial charge in [-0.05, 0) is 57.5 Å². The highest BCUT2D eigenvalue weighted by Gasteiger charge is 2.30. The summed E-state index contributed by atoms with van der Waals surface area (Å²) in [6, 6.07) is 8.35. The van der Waals surface area contributed by atoms with E-state index >= 15 is 0 Å². The van der Waals surface area contributed by atoms with Crippen LogP contribution in [0.3, 0.4) is 0 Å². The lowest BCUT2D eigenvalue weighted by Crippen LogP contribution is -2.49. The number of sulfone groups is 1. The summed E-state index contributed by atoms with van der Waals surface area (Å²) in [4.78, 5) is 6.72. The van der Waals surface area contributed by atoms with Crippen LogP contribution in [0.5, 0.6) is 5.75 Å². The van der Waals surface area contributed by atoms with Gasteiger partial charge in [-0.25, -0.2) is 8.42 Å². The van der Waals surface area contributed by atoms with Gasteiger partial charge in [0.25, 0.3) is 0 Å². The lowest BCUT2D eigenvalue weighted by molar-refractivity contribution is 0.245. The van der Waals surface area contributed by atoms with Crippen molar-refractivity contribution in [2.24, 2.45) is 4.99 Å². The Bertz CT molecular complexity index is 771. The predicted octanol–water partition coefficient (Wildman–Crippen LogP) is 1.82. The monoisotopic (exact) mass is 410 g/mol. The molecule has 0 saturated carbocycles. The Hall–Kier alpha value is -1.80. The maximum atomic E-state index is 11.9. The fourth-order valence-electron chi connectivity index (χ4n) is 3.20. The fourth-order valence-corrected chi connectivity index (χ4v) is 3.54. The highest BCUT2D eigenvalue weighted by atomic mass is 32.2. The van der Waals surface area contributed by atoms with Gasteiger partial charge in [0.1, 0.15) is 5.75 Å². The molecule has 7 nitrogen and oxygen atoms in total. The van der Waals surface area contributed by atoms with E-state index in [1.807, 2.05) is 12.1 Å². The van der Waals surface area contributed by atoms with Crippen molar-refractivity contribution in [2.45, 2.75) is 37.5 Å². The van der Waals surface area contributed by atoms with Crippen LogP contribution in [0.2, 0.25) is 0 Å². The lowest BCUT2D eigenvalue weighted by atomic mass is 10.1. The summed E-state index contributed by atoms with van der Waals surface area (Å²) < 4.78 is 28.4. The van der Waals surface area contributed by atoms with E-state index < -0.39 is 14.6 Å². The van der Waals surface area contributed by atoms with Gasteiger partial charge in [0.05, 0.1) is 17.9 Å². The molecule has 1 saturated heterocycles. The zero-order valence-corrected chi connectivity index (χ0v) is 18.5. The SMILES string of the molecule is CN=C(NCC(c1cccc(OC)c1)N1CCCC1)NCC(C)(C)S(C)(=O)=O. The summed E-state index contributed by atoms with van der Waals surface area (Å²) >= 11 is 0. The van der Waals surface area contributed by atoms with Crippen molar-refractivity contribution in [2.75, 3.05) is 46.6 Å². The first-order chi connectivity index (χ1) is 13.2. The van der Waals surface area contributed by atoms with Crippen molar-refractivity contribution in [1.82, 2.24) is 15.5 Å². The van der Waals surface area contributed by atoms with E-state index in [1.165, 1.54) is 24.7 Å². The lowest BCUT2D eigenvalue weighted by Gasteiger charge is -2.30. The summed E-state index contributed by atoms with van der Waals surface area (Å²) in [6.45, 7) is 6.52. The molecular formula is C20H34N4O3S. The van der Waals surface area contributed by atoms with Gasteiger partial charge >= 0.3 is 0 Å². The third-order valence-electron chi connectivity index (χ3n) is 5.43. The van der Waals surface area contributed by atoms with Gasteiger partial charge in [0.2, 0.25) is 0 Å². The Morgan fingerprint density at radius 1 is 1.29 bits per heavy atom. The number of benzene rings is 1. The summed E-state index contributed by atoms with van der Waals surface area (Å²) in [5, 5.41) is 6.52. The Balaban J connectivity index is 2.07. The van der Waals surface area contributed by atoms with Crippen LogP contribution in [0.1, 0.15) is 38.3 Å². The second-order valence-electron chi connectivity index (χ2n) is 7.87. The quantitative estimate of drug-likeness (QED) is 0.502. The number of likely N-dealkylation sites (tertiary alicyclic amines) is 1. The third-order valence-corrected chi connectivity index (χ3v) is 7.58. The normalized spacial score (nSPS) is 17.4. The highest BCUT2D eigenvalue weighted by molar-refractivity contribution is 7.92. The van der Waals surface area contributed by atoms with Gasteiger partial charge in [0, 0.05) is 26.4 Å². The van der Waals surface area contributed by atoms with Crippen LogP contribution in [-0.2, 0) is 9.84 Å². The van der Waals surface area contributed by atoms with Gasteiger partial charge in [-0.1, -0.05) is 12.1 Å². The molecule has 2 rings (SSSR count). The number of hydrogen-bond donors (Lipinski definition) is 2. The number of nitrogens with one attached hydrogen (secondary N) is 2. The van der Waals surface area contributed by atoms with Crippen LogP contribution in [-0.4, -0.2) is 70.6 Å². The Morgan fingerprint density at radius 2 is 1.96 bits per heavy atom. The van der Waals surface area contributed by atoms with Gasteiger partial charge in [-0.15, -0.1) is 0 Å². The van der Waals surface area contributed by atoms with E-state index in [0.29, 0.717) is 19.0 Å². The average Bonchev–Trinajstić information content (AvgIpc) is 3.18. The molecule has 0 aliphatic carbocycles. The molecule has 1 aliphatic rings. The summed E-state index contributed by atoms with van der Waals surface area (Å²) in [5.74, 6) is 1.45. The number of methoxy groups -OCH3 is 1. The van der Waals surface area contributed by atoms with Crippen LogP contribution in [0.25, 0.3) is 0 Å². The molecule has 8 heteroatoms. The van der Waals surface area contributed by atoms with Crippen LogP contribution in [0.4, 0.5) is 0 Å². The number of rotatable bonds is 8. The second-order valence-corrected chi connectivity index (χ2v) is 10.5. The molecule has 0 bridgehead atoms. The molecule has 1 aromatic carbocycles. The van der Waals surface area contributed by atoms with Crippen LogP contribution in [0.15, 0.2) is 29.3 Å². The molecule has 1 aromatic rings. The first kappa shape index (κ1) is 22.5. The van der Waals surface area contributed by atoms with Gasteiger partial charge in [-0.3, -0.25) is 9.89 Å². The Morgan fingerprint density at radius 3 is 2.54 bits per heavy atom. The number of aliphatic imine (C=N–C) groups is 1. The van der Waals surface area contributed by atoms with E-state index in [0.717, 1.165) is 18.8 Å². The Kier molecular flexibility index (Phi) is 7.71. The van der Waals surface area contributed by atoms with Gasteiger partial charge in [0.15, 0.2) is 15.8 Å². The molecular weight excluding hydrogens is 376 g/mol. The van der Waals surface area contributed by atoms with Crippen molar-refractivity contribution in [3.8, 4) is 5.75 Å². The topological polar surface area (TPSA) is 83.0 Å². The van der Waals surface area contributed by atoms with Crippen molar-refractivity contribution in [1.29, 1.82) is 0 Å². The predicted molar refractivity (Wildman–Crippen MR) is 115 cm³/mol. The smallest absolute Gasteiger partial charge is 0.191 e. The number of nitrogens with zero attached hydrogens (tertiary/aromatic N) is 2. The molecule has 0 spiro atoms. The largest absolute Gasteiger partial charge is 0.497 e. The molecule has 1 aliphatic heterocycles. The summed E-state index contributed by atoms with van der Waals surface area (Å²) in [6.07, 6.45) is 3.67. The van der Waals surface area contributed by atoms with Gasteiger partial charge < -0.3 is 15.4 Å². The van der Waals surface area contributed by atoms with E-state index in [4.69, 9.17) is 4.74 Å². The maximum Gasteiger partial charge on any atom is 0.191 e. The molecule has 1 atom stereocenters. The molecule has 1 heterocycles. The Labute approximate surface area is 169 Å². The highest BCUT2D eigenvalue weighted by Crippen LogP contribution is 2.27. The van der Waals surface area contributed by atoms with Crippen molar-refractivity contribution >= 4 is 15.8 Å². The minimum absolute atomic E-state index is 0.194. The van der Waals surface area contributed by atoms with E-state index in [1.54, 1.807) is 28.0 Å². The van der Waals surface area contributed by atoms with Crippen molar-refractivity contribution < 1.29 is 13.2 Å². The average molecular weight is 411 g/mol. The standard InChI is InChI=1S/C20H34N4O3S/c1-20(2,28(5,25)26)15-23-19(21-3)22-14-18(24-11-6-7-12-24)16-9-8-10-17(13-16)27-4/h8-10,13,18H,6-7,11-12,14-15H2,1-5H3,(H2,21,22,23). The van der Waals surface area contributed by atoms with Crippen LogP contribution in [0, 0.1) is 0 Å². The van der Waals surface area contributed by atoms with Crippen molar-refractivity contribution in [3.05, 3.63) is 29.8 Å². The number of ether oxygens (including phenoxy) is 1. The summed E-state index contributed by atoms with van der Waals surface area (Å²) in [5.41, 5.74) is 1.20. The van der Waals surface area contributed by atoms with Gasteiger partial charge in [-0.2, -0.15) is 0 Å². The molecule has 1 unspecified atom stereocenters. The molecule has 0 amide bonds. The van der Waals surface area contributed by atoms with Crippen LogP contribution >= 0.6 is 0 Å². The zero-order valence-electron chi connectivity index (χ0n) is 17.7. The second kappa shape index (κ2) is 9.60. The summed E-state index contributed by atoms with van der Waals surface area (Å²) in [7, 11) is 0.203. The van der Waals surface area contributed by atoms with E-state index in [2.05, 4.69) is 32.7 Å². The van der Waals surface area contributed by atoms with E-state index in [9.17, 15) is 8.42 Å². The van der Waals surface area contributed by atoms with Crippen molar-refractivity contribution in [3.63, 3.8) is 0 Å². The first-order valence-corrected chi connectivity index (χ1v) is 11.6. The molecule has 28 heavy (non-hydrogen) atoms. The molecule has 1 fully saturated rings. The molecule has 2 N–H and O–H groups in total. The first-order valence-electron chi connectivity index (χ1n) is 9.70. The maximum absolute atomic E-state index is 11.9. The minimum Gasteiger partial charge on any atom is -0.497 e. The zero-order chi connectivity index (χ0) is 20.8. The molecule has 0 radical (unpaired) electrons. The fraction of sp³-hybridized carbons (Fsp3) is 0.650. The molecule has 158 valence electrons. The number of hydrogen-bond acceptors (Lipinski definition) is 5. The molecule has 0 aromatic heterocycles.